The molecule has 2 saturated carbocycles. The predicted octanol–water partition coefficient (Wildman–Crippen LogP) is 4.84. The summed E-state index contributed by atoms with van der Waals surface area (Å²) >= 11 is 0. The maximum absolute atomic E-state index is 13.3. The Balaban J connectivity index is 1.86. The first-order valence-corrected chi connectivity index (χ1v) is 11.4. The molecule has 1 saturated heterocycles. The minimum absolute atomic E-state index is 0.0825. The van der Waals surface area contributed by atoms with Gasteiger partial charge in [0.2, 0.25) is 0 Å². The van der Waals surface area contributed by atoms with Crippen LogP contribution in [0.2, 0.25) is 0 Å². The van der Waals surface area contributed by atoms with Crippen molar-refractivity contribution in [1.82, 2.24) is 0 Å². The Labute approximate surface area is 199 Å². The second kappa shape index (κ2) is 8.54. The van der Waals surface area contributed by atoms with Crippen LogP contribution < -0.4 is 0 Å². The highest BCUT2D eigenvalue weighted by Crippen LogP contribution is 2.59. The average Bonchev–Trinajstić information content (AvgIpc) is 3.26. The number of halogens is 6. The lowest BCUT2D eigenvalue weighted by Crippen LogP contribution is -2.50. The fourth-order valence-electron chi connectivity index (χ4n) is 5.85. The molecule has 0 radical (unpaired) electrons. The Morgan fingerprint density at radius 2 is 1.54 bits per heavy atom. The van der Waals surface area contributed by atoms with Crippen molar-refractivity contribution in [3.05, 3.63) is 0 Å². The monoisotopic (exact) mass is 516 g/mol. The minimum atomic E-state index is -5.89. The molecule has 2 aliphatic carbocycles. The van der Waals surface area contributed by atoms with Crippen molar-refractivity contribution < 1.29 is 54.9 Å². The van der Waals surface area contributed by atoms with Crippen LogP contribution in [0, 0.1) is 40.4 Å². The molecular formula is C23H30F6O6. The van der Waals surface area contributed by atoms with E-state index in [2.05, 4.69) is 4.74 Å². The van der Waals surface area contributed by atoms with Gasteiger partial charge in [0.15, 0.2) is 0 Å². The molecule has 3 aliphatic rings. The lowest BCUT2D eigenvalue weighted by atomic mass is 9.68. The number of hydrogen-bond donors (Lipinski definition) is 0. The third-order valence-corrected chi connectivity index (χ3v) is 7.53. The molecule has 0 aromatic heterocycles. The standard InChI is InChI=1S/C23H30F6O6/c1-9(2)21(6,8-20(3,4)5)19(32)34-15-11-7-10-12(16(30)33-14(10)15)13(11)17(31)35-18(22(24,25)26)23(27,28)29/h9-15,18H,7-8H2,1-6H3. The van der Waals surface area contributed by atoms with Gasteiger partial charge in [-0.05, 0) is 31.1 Å². The second-order valence-electron chi connectivity index (χ2n) is 11.6. The van der Waals surface area contributed by atoms with Crippen LogP contribution in [-0.4, -0.2) is 48.6 Å². The van der Waals surface area contributed by atoms with E-state index < -0.39 is 77.7 Å². The Kier molecular flexibility index (Phi) is 6.73. The first kappa shape index (κ1) is 27.6. The lowest BCUT2D eigenvalue weighted by molar-refractivity contribution is -0.315. The summed E-state index contributed by atoms with van der Waals surface area (Å²) in [6.07, 6.45) is -17.7. The summed E-state index contributed by atoms with van der Waals surface area (Å²) in [5.41, 5.74) is -1.25. The number of alkyl halides is 6. The van der Waals surface area contributed by atoms with Crippen molar-refractivity contribution in [3.63, 3.8) is 0 Å². The summed E-state index contributed by atoms with van der Waals surface area (Å²) in [7, 11) is 0. The number of rotatable bonds is 6. The van der Waals surface area contributed by atoms with Crippen LogP contribution in [-0.2, 0) is 28.6 Å². The van der Waals surface area contributed by atoms with Gasteiger partial charge < -0.3 is 14.2 Å². The van der Waals surface area contributed by atoms with Crippen LogP contribution >= 0.6 is 0 Å². The molecule has 7 atom stereocenters. The van der Waals surface area contributed by atoms with E-state index in [9.17, 15) is 40.7 Å². The molecule has 0 aromatic carbocycles. The molecule has 1 heterocycles. The van der Waals surface area contributed by atoms with Gasteiger partial charge in [-0.2, -0.15) is 26.3 Å². The molecule has 3 rings (SSSR count). The van der Waals surface area contributed by atoms with Crippen LogP contribution in [0.1, 0.15) is 54.4 Å². The van der Waals surface area contributed by atoms with Crippen molar-refractivity contribution in [1.29, 1.82) is 0 Å². The van der Waals surface area contributed by atoms with E-state index in [1.807, 2.05) is 34.6 Å². The summed E-state index contributed by atoms with van der Waals surface area (Å²) in [6, 6.07) is 0. The van der Waals surface area contributed by atoms with Crippen LogP contribution in [0.25, 0.3) is 0 Å². The Morgan fingerprint density at radius 3 is 2.00 bits per heavy atom. The predicted molar refractivity (Wildman–Crippen MR) is 107 cm³/mol. The minimum Gasteiger partial charge on any atom is -0.458 e. The second-order valence-corrected chi connectivity index (χ2v) is 11.6. The third kappa shape index (κ3) is 4.98. The molecule has 200 valence electrons. The van der Waals surface area contributed by atoms with Crippen molar-refractivity contribution in [3.8, 4) is 0 Å². The molecule has 1 aliphatic heterocycles. The average molecular weight is 516 g/mol. The molecule has 0 amide bonds. The molecule has 0 spiro atoms. The molecule has 35 heavy (non-hydrogen) atoms. The lowest BCUT2D eigenvalue weighted by Gasteiger charge is -2.39. The number of ether oxygens (including phenoxy) is 3. The van der Waals surface area contributed by atoms with E-state index in [1.54, 1.807) is 6.92 Å². The van der Waals surface area contributed by atoms with Crippen molar-refractivity contribution in [2.75, 3.05) is 0 Å². The van der Waals surface area contributed by atoms with Crippen molar-refractivity contribution >= 4 is 17.9 Å². The van der Waals surface area contributed by atoms with Crippen LogP contribution in [0.4, 0.5) is 26.3 Å². The summed E-state index contributed by atoms with van der Waals surface area (Å²) in [6.45, 7) is 11.2. The number of hydrogen-bond acceptors (Lipinski definition) is 6. The highest BCUT2D eigenvalue weighted by molar-refractivity contribution is 5.86. The van der Waals surface area contributed by atoms with Gasteiger partial charge in [-0.1, -0.05) is 34.6 Å². The highest BCUT2D eigenvalue weighted by Gasteiger charge is 2.71. The molecule has 12 heteroatoms. The van der Waals surface area contributed by atoms with E-state index in [4.69, 9.17) is 9.47 Å². The highest BCUT2D eigenvalue weighted by atomic mass is 19.4. The number of carbonyl (C=O) groups excluding carboxylic acids is 3. The van der Waals surface area contributed by atoms with Gasteiger partial charge in [0, 0.05) is 11.8 Å². The van der Waals surface area contributed by atoms with Gasteiger partial charge in [0.1, 0.15) is 12.2 Å². The zero-order chi connectivity index (χ0) is 26.9. The topological polar surface area (TPSA) is 78.9 Å². The van der Waals surface area contributed by atoms with Gasteiger partial charge in [0.25, 0.3) is 6.10 Å². The zero-order valence-electron chi connectivity index (χ0n) is 20.3. The van der Waals surface area contributed by atoms with E-state index in [0.717, 1.165) is 0 Å². The van der Waals surface area contributed by atoms with E-state index >= 15 is 0 Å². The van der Waals surface area contributed by atoms with Crippen LogP contribution in [0.5, 0.6) is 0 Å². The Morgan fingerprint density at radius 1 is 1.00 bits per heavy atom. The maximum Gasteiger partial charge on any atom is 0.434 e. The fourth-order valence-corrected chi connectivity index (χ4v) is 5.85. The fraction of sp³-hybridized carbons (Fsp3) is 0.870. The van der Waals surface area contributed by atoms with Crippen LogP contribution in [0.3, 0.4) is 0 Å². The molecule has 2 bridgehead atoms. The number of carbonyl (C=O) groups is 3. The molecule has 0 aromatic rings. The quantitative estimate of drug-likeness (QED) is 0.286. The number of fused-ring (bicyclic) bond motifs is 1. The van der Waals surface area contributed by atoms with E-state index in [-0.39, 0.29) is 17.8 Å². The van der Waals surface area contributed by atoms with E-state index in [1.165, 1.54) is 0 Å². The Hall–Kier alpha value is -2.01. The summed E-state index contributed by atoms with van der Waals surface area (Å²) < 4.78 is 92.6. The third-order valence-electron chi connectivity index (χ3n) is 7.53. The van der Waals surface area contributed by atoms with Crippen molar-refractivity contribution in [2.45, 2.75) is 85.0 Å². The molecule has 0 N–H and O–H groups in total. The van der Waals surface area contributed by atoms with Gasteiger partial charge >= 0.3 is 30.3 Å². The zero-order valence-corrected chi connectivity index (χ0v) is 20.3. The van der Waals surface area contributed by atoms with Gasteiger partial charge in [-0.15, -0.1) is 0 Å². The first-order chi connectivity index (χ1) is 15.7. The normalized spacial score (nSPS) is 32.1. The first-order valence-electron chi connectivity index (χ1n) is 11.4. The molecule has 3 fully saturated rings. The summed E-state index contributed by atoms with van der Waals surface area (Å²) in [5, 5.41) is 0. The molecular weight excluding hydrogens is 486 g/mol. The largest absolute Gasteiger partial charge is 0.458 e. The van der Waals surface area contributed by atoms with Gasteiger partial charge in [-0.25, -0.2) is 0 Å². The smallest absolute Gasteiger partial charge is 0.434 e. The molecule has 7 unspecified atom stereocenters. The summed E-state index contributed by atoms with van der Waals surface area (Å²) in [4.78, 5) is 38.3. The van der Waals surface area contributed by atoms with Gasteiger partial charge in [-0.3, -0.25) is 14.4 Å². The van der Waals surface area contributed by atoms with E-state index in [0.29, 0.717) is 6.42 Å². The Bertz CT molecular complexity index is 861. The van der Waals surface area contributed by atoms with Crippen molar-refractivity contribution in [2.24, 2.45) is 40.4 Å². The molecule has 6 nitrogen and oxygen atoms in total. The number of esters is 3. The van der Waals surface area contributed by atoms with Crippen LogP contribution in [0.15, 0.2) is 0 Å². The maximum atomic E-state index is 13.3. The SMILES string of the molecule is CC(C)C(C)(CC(C)(C)C)C(=O)OC1C2CC3C1OC(=O)C3C2C(=O)OC(C(F)(F)F)C(F)(F)F. The summed E-state index contributed by atoms with van der Waals surface area (Å²) in [5.74, 6) is -8.05. The van der Waals surface area contributed by atoms with Gasteiger partial charge in [0.05, 0.1) is 17.3 Å².